The lowest BCUT2D eigenvalue weighted by atomic mass is 10.3. The Kier molecular flexibility index (Phi) is 4.85. The summed E-state index contributed by atoms with van der Waals surface area (Å²) in [4.78, 5) is 0.839. The molecule has 90 valence electrons. The summed E-state index contributed by atoms with van der Waals surface area (Å²) >= 11 is 5.87. The third-order valence-corrected chi connectivity index (χ3v) is 5.33. The Hall–Kier alpha value is -0.500. The van der Waals surface area contributed by atoms with Crippen LogP contribution < -0.4 is 10.5 Å². The van der Waals surface area contributed by atoms with Crippen LogP contribution in [0.1, 0.15) is 24.6 Å². The second kappa shape index (κ2) is 5.72. The highest BCUT2D eigenvalue weighted by Crippen LogP contribution is 2.21. The van der Waals surface area contributed by atoms with Crippen molar-refractivity contribution in [2.24, 2.45) is 5.73 Å². The molecule has 0 aliphatic rings. The molecule has 0 spiro atoms. The van der Waals surface area contributed by atoms with Crippen molar-refractivity contribution in [2.45, 2.75) is 24.0 Å². The number of rotatable bonds is 6. The smallest absolute Gasteiger partial charge is 0.250 e. The maximum absolute atomic E-state index is 11.8. The fourth-order valence-corrected chi connectivity index (χ4v) is 3.52. The molecule has 0 aliphatic heterocycles. The zero-order valence-corrected chi connectivity index (χ0v) is 11.3. The summed E-state index contributed by atoms with van der Waals surface area (Å²) < 4.78 is 26.3. The minimum absolute atomic E-state index is 0.222. The predicted molar refractivity (Wildman–Crippen MR) is 70.3 cm³/mol. The van der Waals surface area contributed by atoms with Gasteiger partial charge in [0.05, 0.1) is 4.88 Å². The van der Waals surface area contributed by atoms with Crippen LogP contribution in [-0.4, -0.2) is 20.0 Å². The van der Waals surface area contributed by atoms with Crippen molar-refractivity contribution in [2.75, 3.05) is 6.54 Å². The summed E-state index contributed by atoms with van der Waals surface area (Å²) in [5.41, 5.74) is 5.42. The molecule has 0 fully saturated rings. The molecule has 1 heterocycles. The monoisotopic (exact) mass is 278 g/mol. The molecule has 0 saturated carbocycles. The predicted octanol–water partition coefficient (Wildman–Crippen LogP) is 1.46. The van der Waals surface area contributed by atoms with E-state index in [4.69, 9.17) is 18.0 Å². The molecule has 0 atom stereocenters. The van der Waals surface area contributed by atoms with Crippen LogP contribution in [0.3, 0.4) is 0 Å². The zero-order valence-electron chi connectivity index (χ0n) is 8.89. The first-order chi connectivity index (χ1) is 7.47. The molecule has 7 heteroatoms. The average Bonchev–Trinajstić information content (AvgIpc) is 2.67. The second-order valence-corrected chi connectivity index (χ2v) is 6.75. The molecule has 0 amide bonds. The van der Waals surface area contributed by atoms with Gasteiger partial charge in [0.2, 0.25) is 10.0 Å². The Labute approximate surface area is 105 Å². The molecular weight excluding hydrogens is 264 g/mol. The van der Waals surface area contributed by atoms with Crippen molar-refractivity contribution < 1.29 is 8.42 Å². The van der Waals surface area contributed by atoms with E-state index < -0.39 is 10.0 Å². The third kappa shape index (κ3) is 3.51. The second-order valence-electron chi connectivity index (χ2n) is 3.23. The highest BCUT2D eigenvalue weighted by Gasteiger charge is 2.16. The fourth-order valence-electron chi connectivity index (χ4n) is 1.05. The highest BCUT2D eigenvalue weighted by molar-refractivity contribution is 7.91. The molecule has 0 aromatic carbocycles. The molecule has 1 aromatic rings. The molecule has 3 N–H and O–H groups in total. The topological polar surface area (TPSA) is 72.2 Å². The number of thiocarbonyl (C=S) groups is 1. The van der Waals surface area contributed by atoms with E-state index in [2.05, 4.69) is 4.72 Å². The number of sulfonamides is 1. The van der Waals surface area contributed by atoms with Crippen LogP contribution in [-0.2, 0) is 10.0 Å². The normalized spacial score (nSPS) is 11.6. The van der Waals surface area contributed by atoms with Crippen LogP contribution in [0.2, 0.25) is 0 Å². The van der Waals surface area contributed by atoms with Crippen LogP contribution in [0.5, 0.6) is 0 Å². The first kappa shape index (κ1) is 13.6. The first-order valence-corrected chi connectivity index (χ1v) is 7.57. The maximum Gasteiger partial charge on any atom is 0.250 e. The lowest BCUT2D eigenvalue weighted by Gasteiger charge is -2.02. The summed E-state index contributed by atoms with van der Waals surface area (Å²) in [5, 5.41) is 0. The van der Waals surface area contributed by atoms with Crippen LogP contribution in [0, 0.1) is 0 Å². The molecule has 0 unspecified atom stereocenters. The highest BCUT2D eigenvalue weighted by atomic mass is 32.2. The number of unbranched alkanes of at least 4 members (excludes halogenated alkanes) is 1. The van der Waals surface area contributed by atoms with Crippen LogP contribution in [0.25, 0.3) is 0 Å². The van der Waals surface area contributed by atoms with Gasteiger partial charge in [-0.25, -0.2) is 13.1 Å². The van der Waals surface area contributed by atoms with E-state index in [1.807, 2.05) is 6.92 Å². The van der Waals surface area contributed by atoms with Gasteiger partial charge in [-0.3, -0.25) is 0 Å². The lowest BCUT2D eigenvalue weighted by molar-refractivity contribution is 0.580. The lowest BCUT2D eigenvalue weighted by Crippen LogP contribution is -2.23. The zero-order chi connectivity index (χ0) is 12.2. The number of hydrogen-bond donors (Lipinski definition) is 2. The van der Waals surface area contributed by atoms with E-state index in [1.54, 1.807) is 6.07 Å². The minimum Gasteiger partial charge on any atom is -0.389 e. The Bertz CT molecular complexity index is 465. The van der Waals surface area contributed by atoms with Crippen molar-refractivity contribution in [1.29, 1.82) is 0 Å². The van der Waals surface area contributed by atoms with Crippen LogP contribution in [0.15, 0.2) is 16.3 Å². The summed E-state index contributed by atoms with van der Waals surface area (Å²) in [5.74, 6) is 0. The summed E-state index contributed by atoms with van der Waals surface area (Å²) in [7, 11) is -3.39. The Balaban J connectivity index is 2.78. The van der Waals surface area contributed by atoms with Crippen molar-refractivity contribution in [3.05, 3.63) is 17.0 Å². The van der Waals surface area contributed by atoms with Gasteiger partial charge in [0.25, 0.3) is 0 Å². The third-order valence-electron chi connectivity index (χ3n) is 1.91. The first-order valence-electron chi connectivity index (χ1n) is 4.86. The molecule has 1 aromatic heterocycles. The molecule has 4 nitrogen and oxygen atoms in total. The number of hydrogen-bond acceptors (Lipinski definition) is 4. The van der Waals surface area contributed by atoms with Gasteiger partial charge in [0, 0.05) is 6.54 Å². The molecule has 0 aliphatic carbocycles. The van der Waals surface area contributed by atoms with Gasteiger partial charge in [-0.2, -0.15) is 0 Å². The molecule has 0 bridgehead atoms. The van der Waals surface area contributed by atoms with Gasteiger partial charge in [0.1, 0.15) is 9.20 Å². The van der Waals surface area contributed by atoms with Gasteiger partial charge in [-0.05, 0) is 18.6 Å². The molecule has 16 heavy (non-hydrogen) atoms. The van der Waals surface area contributed by atoms with E-state index in [9.17, 15) is 8.42 Å². The molecule has 1 rings (SSSR count). The van der Waals surface area contributed by atoms with Crippen LogP contribution >= 0.6 is 23.6 Å². The van der Waals surface area contributed by atoms with Crippen molar-refractivity contribution in [1.82, 2.24) is 4.72 Å². The molecule has 0 saturated heterocycles. The van der Waals surface area contributed by atoms with E-state index in [0.717, 1.165) is 24.2 Å². The number of nitrogens with one attached hydrogen (secondary N) is 1. The number of thiophene rings is 1. The minimum atomic E-state index is -3.39. The van der Waals surface area contributed by atoms with E-state index in [-0.39, 0.29) is 9.20 Å². The Morgan fingerprint density at radius 1 is 1.56 bits per heavy atom. The largest absolute Gasteiger partial charge is 0.389 e. The quantitative estimate of drug-likeness (QED) is 0.610. The molecule has 0 radical (unpaired) electrons. The fraction of sp³-hybridized carbons (Fsp3) is 0.444. The van der Waals surface area contributed by atoms with Gasteiger partial charge < -0.3 is 5.73 Å². The SMILES string of the molecule is CCCCNS(=O)(=O)c1ccc(C(N)=S)s1. The van der Waals surface area contributed by atoms with Crippen molar-refractivity contribution in [3.63, 3.8) is 0 Å². The van der Waals surface area contributed by atoms with Crippen LogP contribution in [0.4, 0.5) is 0 Å². The van der Waals surface area contributed by atoms with Crippen molar-refractivity contribution >= 4 is 38.6 Å². The van der Waals surface area contributed by atoms with Gasteiger partial charge >= 0.3 is 0 Å². The molecular formula is C9H14N2O2S3. The maximum atomic E-state index is 11.8. The van der Waals surface area contributed by atoms with E-state index >= 15 is 0 Å². The summed E-state index contributed by atoms with van der Waals surface area (Å²) in [6.45, 7) is 2.46. The Morgan fingerprint density at radius 2 is 2.25 bits per heavy atom. The van der Waals surface area contributed by atoms with E-state index in [1.165, 1.54) is 6.07 Å². The van der Waals surface area contributed by atoms with Crippen molar-refractivity contribution in [3.8, 4) is 0 Å². The van der Waals surface area contributed by atoms with Gasteiger partial charge in [-0.15, -0.1) is 11.3 Å². The summed E-state index contributed by atoms with van der Waals surface area (Å²) in [6, 6.07) is 3.15. The number of nitrogens with two attached hydrogens (primary N) is 1. The average molecular weight is 278 g/mol. The Morgan fingerprint density at radius 3 is 2.75 bits per heavy atom. The standard InChI is InChI=1S/C9H14N2O2S3/c1-2-3-6-11-16(12,13)8-5-4-7(15-8)9(10)14/h4-5,11H,2-3,6H2,1H3,(H2,10,14). The van der Waals surface area contributed by atoms with Gasteiger partial charge in [-0.1, -0.05) is 25.6 Å². The summed E-state index contributed by atoms with van der Waals surface area (Å²) in [6.07, 6.45) is 1.78. The van der Waals surface area contributed by atoms with Gasteiger partial charge in [0.15, 0.2) is 0 Å². The van der Waals surface area contributed by atoms with E-state index in [0.29, 0.717) is 11.4 Å².